The highest BCUT2D eigenvalue weighted by molar-refractivity contribution is 7.87. The number of primary amides is 1. The number of carbonyl (C=O) groups is 1. The average molecular weight is 223 g/mol. The molecule has 0 fully saturated rings. The number of hydrogen-bond donors (Lipinski definition) is 2. The Hall–Kier alpha value is -0.820. The number of carbonyl (C=O) groups excluding carboxylic acids is 1. The van der Waals surface area contributed by atoms with Gasteiger partial charge in [-0.15, -0.1) is 0 Å². The van der Waals surface area contributed by atoms with E-state index in [1.165, 1.54) is 4.31 Å². The van der Waals surface area contributed by atoms with E-state index in [0.29, 0.717) is 0 Å². The molecular weight excluding hydrogens is 206 g/mol. The van der Waals surface area contributed by atoms with Crippen LogP contribution in [0, 0.1) is 0 Å². The SMILES string of the molecule is CC(C)N(C(C)C)S(=O)(=O)NC(N)=O. The normalized spacial score (nSPS) is 12.5. The summed E-state index contributed by atoms with van der Waals surface area (Å²) in [6.07, 6.45) is 0. The summed E-state index contributed by atoms with van der Waals surface area (Å²) in [5, 5.41) is 0. The highest BCUT2D eigenvalue weighted by Crippen LogP contribution is 2.09. The first-order valence-electron chi connectivity index (χ1n) is 4.29. The Kier molecular flexibility index (Phi) is 4.34. The summed E-state index contributed by atoms with van der Waals surface area (Å²) in [7, 11) is -3.81. The molecule has 14 heavy (non-hydrogen) atoms. The molecule has 0 aliphatic carbocycles. The second-order valence-electron chi connectivity index (χ2n) is 3.49. The highest BCUT2D eigenvalue weighted by Gasteiger charge is 2.28. The third-order valence-corrected chi connectivity index (χ3v) is 3.38. The zero-order valence-electron chi connectivity index (χ0n) is 8.81. The van der Waals surface area contributed by atoms with Gasteiger partial charge in [0.25, 0.3) is 0 Å². The molecule has 0 atom stereocenters. The quantitative estimate of drug-likeness (QED) is 0.703. The van der Waals surface area contributed by atoms with Crippen LogP contribution >= 0.6 is 0 Å². The van der Waals surface area contributed by atoms with Gasteiger partial charge in [-0.1, -0.05) is 0 Å². The number of urea groups is 1. The minimum atomic E-state index is -3.81. The van der Waals surface area contributed by atoms with Crippen LogP contribution < -0.4 is 10.5 Å². The molecule has 0 aromatic heterocycles. The molecule has 0 spiro atoms. The van der Waals surface area contributed by atoms with Crippen LogP contribution in [0.1, 0.15) is 27.7 Å². The highest BCUT2D eigenvalue weighted by atomic mass is 32.2. The molecule has 6 nitrogen and oxygen atoms in total. The lowest BCUT2D eigenvalue weighted by atomic mass is 10.3. The van der Waals surface area contributed by atoms with E-state index in [2.05, 4.69) is 0 Å². The van der Waals surface area contributed by atoms with Gasteiger partial charge in [0.2, 0.25) is 0 Å². The molecule has 0 rings (SSSR count). The van der Waals surface area contributed by atoms with Crippen LogP contribution in [0.25, 0.3) is 0 Å². The summed E-state index contributed by atoms with van der Waals surface area (Å²) in [5.41, 5.74) is 4.76. The fourth-order valence-electron chi connectivity index (χ4n) is 1.33. The Morgan fingerprint density at radius 1 is 1.21 bits per heavy atom. The molecule has 2 amide bonds. The number of amides is 2. The third-order valence-electron chi connectivity index (χ3n) is 1.53. The summed E-state index contributed by atoms with van der Waals surface area (Å²) in [4.78, 5) is 10.5. The topological polar surface area (TPSA) is 92.5 Å². The molecule has 0 aliphatic rings. The van der Waals surface area contributed by atoms with Gasteiger partial charge >= 0.3 is 16.2 Å². The molecule has 0 radical (unpaired) electrons. The minimum Gasteiger partial charge on any atom is -0.351 e. The van der Waals surface area contributed by atoms with Crippen molar-refractivity contribution in [2.75, 3.05) is 0 Å². The van der Waals surface area contributed by atoms with E-state index in [0.717, 1.165) is 0 Å². The van der Waals surface area contributed by atoms with E-state index in [-0.39, 0.29) is 12.1 Å². The summed E-state index contributed by atoms with van der Waals surface area (Å²) in [6, 6.07) is -1.53. The number of rotatable bonds is 4. The second kappa shape index (κ2) is 4.61. The predicted molar refractivity (Wildman–Crippen MR) is 53.7 cm³/mol. The Labute approximate surface area is 84.6 Å². The fourth-order valence-corrected chi connectivity index (χ4v) is 2.80. The lowest BCUT2D eigenvalue weighted by molar-refractivity contribution is 0.250. The van der Waals surface area contributed by atoms with Gasteiger partial charge in [-0.3, -0.25) is 0 Å². The molecule has 7 heteroatoms. The molecular formula is C7H17N3O3S. The van der Waals surface area contributed by atoms with E-state index < -0.39 is 16.2 Å². The van der Waals surface area contributed by atoms with Gasteiger partial charge in [0.1, 0.15) is 0 Å². The molecule has 0 bridgehead atoms. The molecule has 84 valence electrons. The average Bonchev–Trinajstić information content (AvgIpc) is 1.77. The monoisotopic (exact) mass is 223 g/mol. The van der Waals surface area contributed by atoms with E-state index >= 15 is 0 Å². The van der Waals surface area contributed by atoms with Crippen molar-refractivity contribution in [3.05, 3.63) is 0 Å². The van der Waals surface area contributed by atoms with Crippen LogP contribution in [0.15, 0.2) is 0 Å². The standard InChI is InChI=1S/C7H17N3O3S/c1-5(2)10(6(3)4)14(12,13)9-7(8)11/h5-6H,1-4H3,(H3,8,9,11). The maximum atomic E-state index is 11.5. The van der Waals surface area contributed by atoms with Crippen LogP contribution in [-0.4, -0.2) is 30.8 Å². The third kappa shape index (κ3) is 3.51. The van der Waals surface area contributed by atoms with Crippen LogP contribution in [0.3, 0.4) is 0 Å². The Balaban J connectivity index is 4.92. The number of nitrogens with zero attached hydrogens (tertiary/aromatic N) is 1. The summed E-state index contributed by atoms with van der Waals surface area (Å²) in [6.45, 7) is 6.89. The maximum absolute atomic E-state index is 11.5. The zero-order chi connectivity index (χ0) is 11.5. The smallest absolute Gasteiger partial charge is 0.326 e. The molecule has 0 aromatic carbocycles. The van der Waals surface area contributed by atoms with Gasteiger partial charge in [-0.05, 0) is 27.7 Å². The van der Waals surface area contributed by atoms with Gasteiger partial charge < -0.3 is 5.73 Å². The first kappa shape index (κ1) is 13.2. The summed E-state index contributed by atoms with van der Waals surface area (Å²) < 4.78 is 26.0. The van der Waals surface area contributed by atoms with Crippen LogP contribution in [0.5, 0.6) is 0 Å². The van der Waals surface area contributed by atoms with Crippen molar-refractivity contribution < 1.29 is 13.2 Å². The summed E-state index contributed by atoms with van der Waals surface area (Å²) >= 11 is 0. The Morgan fingerprint density at radius 2 is 1.57 bits per heavy atom. The molecule has 0 unspecified atom stereocenters. The lowest BCUT2D eigenvalue weighted by Crippen LogP contribution is -2.51. The van der Waals surface area contributed by atoms with Gasteiger partial charge in [0.15, 0.2) is 0 Å². The molecule has 0 heterocycles. The van der Waals surface area contributed by atoms with Crippen molar-refractivity contribution in [2.24, 2.45) is 5.73 Å². The van der Waals surface area contributed by atoms with Crippen molar-refractivity contribution in [2.45, 2.75) is 39.8 Å². The van der Waals surface area contributed by atoms with E-state index in [9.17, 15) is 13.2 Å². The first-order valence-corrected chi connectivity index (χ1v) is 5.73. The minimum absolute atomic E-state index is 0.230. The summed E-state index contributed by atoms with van der Waals surface area (Å²) in [5.74, 6) is 0. The predicted octanol–water partition coefficient (Wildman–Crippen LogP) is 0.0183. The van der Waals surface area contributed by atoms with Gasteiger partial charge in [-0.2, -0.15) is 12.7 Å². The molecule has 0 saturated carbocycles. The maximum Gasteiger partial charge on any atom is 0.326 e. The van der Waals surface area contributed by atoms with Crippen LogP contribution in [0.2, 0.25) is 0 Å². The number of nitrogens with one attached hydrogen (secondary N) is 1. The van der Waals surface area contributed by atoms with Gasteiger partial charge in [-0.25, -0.2) is 9.52 Å². The molecule has 0 aromatic rings. The zero-order valence-corrected chi connectivity index (χ0v) is 9.63. The molecule has 0 aliphatic heterocycles. The first-order chi connectivity index (χ1) is 6.18. The van der Waals surface area contributed by atoms with Crippen molar-refractivity contribution in [1.82, 2.24) is 9.03 Å². The van der Waals surface area contributed by atoms with Crippen molar-refractivity contribution in [3.63, 3.8) is 0 Å². The van der Waals surface area contributed by atoms with Crippen LogP contribution in [0.4, 0.5) is 4.79 Å². The van der Waals surface area contributed by atoms with Crippen molar-refractivity contribution in [3.8, 4) is 0 Å². The Morgan fingerprint density at radius 3 is 1.79 bits per heavy atom. The van der Waals surface area contributed by atoms with Gasteiger partial charge in [0.05, 0.1) is 0 Å². The van der Waals surface area contributed by atoms with E-state index in [1.807, 2.05) is 0 Å². The van der Waals surface area contributed by atoms with E-state index in [4.69, 9.17) is 5.73 Å². The molecule has 3 N–H and O–H groups in total. The van der Waals surface area contributed by atoms with Crippen molar-refractivity contribution in [1.29, 1.82) is 0 Å². The lowest BCUT2D eigenvalue weighted by Gasteiger charge is -2.28. The number of hydrogen-bond acceptors (Lipinski definition) is 3. The largest absolute Gasteiger partial charge is 0.351 e. The Bertz CT molecular complexity index is 289. The second-order valence-corrected chi connectivity index (χ2v) is 5.06. The van der Waals surface area contributed by atoms with Gasteiger partial charge in [0, 0.05) is 12.1 Å². The van der Waals surface area contributed by atoms with Crippen LogP contribution in [-0.2, 0) is 10.2 Å². The van der Waals surface area contributed by atoms with Crippen molar-refractivity contribution >= 4 is 16.2 Å². The van der Waals surface area contributed by atoms with E-state index in [1.54, 1.807) is 32.4 Å². The fraction of sp³-hybridized carbons (Fsp3) is 0.857. The molecule has 0 saturated heterocycles. The number of nitrogens with two attached hydrogens (primary N) is 1.